The highest BCUT2D eigenvalue weighted by atomic mass is 32.2. The molecular weight excluding hydrogens is 352 g/mol. The van der Waals surface area contributed by atoms with Gasteiger partial charge in [0.2, 0.25) is 10.0 Å². The third-order valence-electron chi connectivity index (χ3n) is 4.28. The number of amides is 1. The lowest BCUT2D eigenvalue weighted by atomic mass is 9.93. The first-order valence-corrected chi connectivity index (χ1v) is 9.76. The standard InChI is InChI=1S/C19H22N2O4S/c1-4-19(5-2,6-3)21-18(22)15-9-11-17(12-10-15)26(23,24)20-14-16-8-7-13-25-16/h1,7-13,20H,5-6,14H2,2-3H3,(H,21,22). The molecule has 0 spiro atoms. The van der Waals surface area contributed by atoms with Crippen LogP contribution < -0.4 is 10.0 Å². The molecule has 1 amide bonds. The Bertz CT molecular complexity index is 875. The number of hydrogen-bond donors (Lipinski definition) is 2. The molecular formula is C19H22N2O4S. The predicted molar refractivity (Wildman–Crippen MR) is 98.8 cm³/mol. The summed E-state index contributed by atoms with van der Waals surface area (Å²) in [6, 6.07) is 9.05. The zero-order chi connectivity index (χ0) is 19.2. The van der Waals surface area contributed by atoms with Gasteiger partial charge in [-0.1, -0.05) is 19.8 Å². The van der Waals surface area contributed by atoms with Gasteiger partial charge in [-0.05, 0) is 49.2 Å². The number of hydrogen-bond acceptors (Lipinski definition) is 4. The second-order valence-electron chi connectivity index (χ2n) is 5.82. The number of nitrogens with one attached hydrogen (secondary N) is 2. The van der Waals surface area contributed by atoms with Crippen LogP contribution in [-0.2, 0) is 16.6 Å². The van der Waals surface area contributed by atoms with E-state index in [-0.39, 0.29) is 17.3 Å². The zero-order valence-corrected chi connectivity index (χ0v) is 15.6. The van der Waals surface area contributed by atoms with Crippen LogP contribution in [-0.4, -0.2) is 19.9 Å². The quantitative estimate of drug-likeness (QED) is 0.696. The largest absolute Gasteiger partial charge is 0.468 e. The fourth-order valence-corrected chi connectivity index (χ4v) is 3.40. The summed E-state index contributed by atoms with van der Waals surface area (Å²) in [6.07, 6.45) is 8.23. The summed E-state index contributed by atoms with van der Waals surface area (Å²) in [6.45, 7) is 3.86. The third-order valence-corrected chi connectivity index (χ3v) is 5.70. The Labute approximate surface area is 154 Å². The Kier molecular flexibility index (Phi) is 6.24. The van der Waals surface area contributed by atoms with Crippen molar-refractivity contribution >= 4 is 15.9 Å². The molecule has 1 aromatic carbocycles. The summed E-state index contributed by atoms with van der Waals surface area (Å²) < 4.78 is 32.1. The smallest absolute Gasteiger partial charge is 0.252 e. The number of carbonyl (C=O) groups is 1. The van der Waals surface area contributed by atoms with Crippen molar-refractivity contribution in [3.63, 3.8) is 0 Å². The summed E-state index contributed by atoms with van der Waals surface area (Å²) in [7, 11) is -3.70. The van der Waals surface area contributed by atoms with Crippen LogP contribution in [0.3, 0.4) is 0 Å². The van der Waals surface area contributed by atoms with E-state index in [1.807, 2.05) is 13.8 Å². The number of furan rings is 1. The zero-order valence-electron chi connectivity index (χ0n) is 14.8. The lowest BCUT2D eigenvalue weighted by molar-refractivity contribution is 0.0916. The van der Waals surface area contributed by atoms with Gasteiger partial charge in [-0.2, -0.15) is 0 Å². The van der Waals surface area contributed by atoms with Crippen LogP contribution in [0.25, 0.3) is 0 Å². The minimum absolute atomic E-state index is 0.0509. The van der Waals surface area contributed by atoms with Gasteiger partial charge in [0, 0.05) is 5.56 Å². The van der Waals surface area contributed by atoms with Gasteiger partial charge >= 0.3 is 0 Å². The molecule has 0 saturated heterocycles. The molecule has 7 heteroatoms. The van der Waals surface area contributed by atoms with E-state index in [0.29, 0.717) is 24.2 Å². The molecule has 0 saturated carbocycles. The SMILES string of the molecule is C#CC(CC)(CC)NC(=O)c1ccc(S(=O)(=O)NCc2ccco2)cc1. The van der Waals surface area contributed by atoms with Crippen molar-refractivity contribution in [2.24, 2.45) is 0 Å². The molecule has 0 radical (unpaired) electrons. The Morgan fingerprint density at radius 3 is 2.35 bits per heavy atom. The molecule has 1 heterocycles. The normalized spacial score (nSPS) is 11.7. The van der Waals surface area contributed by atoms with Crippen molar-refractivity contribution in [3.8, 4) is 12.3 Å². The van der Waals surface area contributed by atoms with E-state index >= 15 is 0 Å². The second-order valence-corrected chi connectivity index (χ2v) is 7.58. The lowest BCUT2D eigenvalue weighted by Gasteiger charge is -2.27. The predicted octanol–water partition coefficient (Wildman–Crippen LogP) is 2.68. The Balaban J connectivity index is 2.09. The number of sulfonamides is 1. The van der Waals surface area contributed by atoms with Crippen LogP contribution in [0.2, 0.25) is 0 Å². The molecule has 2 aromatic rings. The van der Waals surface area contributed by atoms with Gasteiger partial charge in [0.1, 0.15) is 11.3 Å². The molecule has 6 nitrogen and oxygen atoms in total. The molecule has 0 unspecified atom stereocenters. The first-order chi connectivity index (χ1) is 12.4. The average molecular weight is 374 g/mol. The molecule has 0 aliphatic heterocycles. The van der Waals surface area contributed by atoms with E-state index in [4.69, 9.17) is 10.8 Å². The molecule has 138 valence electrons. The topological polar surface area (TPSA) is 88.4 Å². The maximum absolute atomic E-state index is 12.4. The van der Waals surface area contributed by atoms with Crippen molar-refractivity contribution in [2.45, 2.75) is 43.7 Å². The highest BCUT2D eigenvalue weighted by Crippen LogP contribution is 2.16. The van der Waals surface area contributed by atoms with E-state index in [1.54, 1.807) is 12.1 Å². The van der Waals surface area contributed by atoms with Crippen LogP contribution in [0.5, 0.6) is 0 Å². The highest BCUT2D eigenvalue weighted by molar-refractivity contribution is 7.89. The first kappa shape index (κ1) is 19.8. The third kappa shape index (κ3) is 4.54. The van der Waals surface area contributed by atoms with Crippen LogP contribution in [0.15, 0.2) is 52.0 Å². The van der Waals surface area contributed by atoms with Crippen molar-refractivity contribution in [3.05, 3.63) is 54.0 Å². The van der Waals surface area contributed by atoms with Gasteiger partial charge in [-0.3, -0.25) is 4.79 Å². The Hall–Kier alpha value is -2.56. The summed E-state index contributed by atoms with van der Waals surface area (Å²) in [4.78, 5) is 12.5. The minimum atomic E-state index is -3.70. The summed E-state index contributed by atoms with van der Waals surface area (Å²) in [5, 5.41) is 2.85. The van der Waals surface area contributed by atoms with Crippen molar-refractivity contribution in [1.29, 1.82) is 0 Å². The van der Waals surface area contributed by atoms with Crippen LogP contribution in [0.4, 0.5) is 0 Å². The summed E-state index contributed by atoms with van der Waals surface area (Å²) in [5.41, 5.74) is -0.358. The van der Waals surface area contributed by atoms with Crippen molar-refractivity contribution in [2.75, 3.05) is 0 Å². The highest BCUT2D eigenvalue weighted by Gasteiger charge is 2.26. The van der Waals surface area contributed by atoms with Crippen molar-refractivity contribution in [1.82, 2.24) is 10.0 Å². The van der Waals surface area contributed by atoms with Gasteiger partial charge in [-0.25, -0.2) is 13.1 Å². The second kappa shape index (κ2) is 8.21. The van der Waals surface area contributed by atoms with E-state index in [9.17, 15) is 13.2 Å². The molecule has 2 rings (SSSR count). The van der Waals surface area contributed by atoms with E-state index in [2.05, 4.69) is 16.0 Å². The number of benzene rings is 1. The van der Waals surface area contributed by atoms with Gasteiger partial charge in [-0.15, -0.1) is 6.42 Å². The van der Waals surface area contributed by atoms with E-state index in [0.717, 1.165) is 0 Å². The summed E-state index contributed by atoms with van der Waals surface area (Å²) >= 11 is 0. The number of carbonyl (C=O) groups excluding carboxylic acids is 1. The average Bonchev–Trinajstić information content (AvgIpc) is 3.18. The van der Waals surface area contributed by atoms with Gasteiger partial charge in [0.25, 0.3) is 5.91 Å². The first-order valence-electron chi connectivity index (χ1n) is 8.28. The molecule has 2 N–H and O–H groups in total. The van der Waals surface area contributed by atoms with Gasteiger partial charge in [0.15, 0.2) is 0 Å². The molecule has 0 atom stereocenters. The Morgan fingerprint density at radius 1 is 1.19 bits per heavy atom. The van der Waals surface area contributed by atoms with E-state index in [1.165, 1.54) is 30.5 Å². The number of terminal acetylenes is 1. The van der Waals surface area contributed by atoms with Crippen LogP contribution in [0, 0.1) is 12.3 Å². The number of rotatable bonds is 8. The van der Waals surface area contributed by atoms with Crippen LogP contribution >= 0.6 is 0 Å². The maximum atomic E-state index is 12.4. The van der Waals surface area contributed by atoms with Crippen molar-refractivity contribution < 1.29 is 17.6 Å². The molecule has 0 aliphatic carbocycles. The summed E-state index contributed by atoms with van der Waals surface area (Å²) in [5.74, 6) is 2.81. The molecule has 26 heavy (non-hydrogen) atoms. The van der Waals surface area contributed by atoms with Crippen LogP contribution in [0.1, 0.15) is 42.8 Å². The maximum Gasteiger partial charge on any atom is 0.252 e. The molecule has 0 bridgehead atoms. The molecule has 0 fully saturated rings. The fraction of sp³-hybridized carbons (Fsp3) is 0.316. The lowest BCUT2D eigenvalue weighted by Crippen LogP contribution is -2.46. The minimum Gasteiger partial charge on any atom is -0.468 e. The fourth-order valence-electron chi connectivity index (χ4n) is 2.40. The molecule has 0 aliphatic rings. The molecule has 1 aromatic heterocycles. The monoisotopic (exact) mass is 374 g/mol. The van der Waals surface area contributed by atoms with Gasteiger partial charge < -0.3 is 9.73 Å². The van der Waals surface area contributed by atoms with Gasteiger partial charge in [0.05, 0.1) is 17.7 Å². The Morgan fingerprint density at radius 2 is 1.85 bits per heavy atom. The van der Waals surface area contributed by atoms with E-state index < -0.39 is 15.6 Å².